The molecule has 1 unspecified atom stereocenters. The Bertz CT molecular complexity index is 670. The van der Waals surface area contributed by atoms with Crippen LogP contribution in [0.1, 0.15) is 69.4 Å². The Labute approximate surface area is 168 Å². The Morgan fingerprint density at radius 1 is 1.14 bits per heavy atom. The maximum Gasteiger partial charge on any atom is 0.319 e. The maximum atomic E-state index is 12.8. The Kier molecular flexibility index (Phi) is 6.21. The zero-order chi connectivity index (χ0) is 19.5. The molecule has 28 heavy (non-hydrogen) atoms. The summed E-state index contributed by atoms with van der Waals surface area (Å²) in [5.74, 6) is 0.472. The molecule has 2 amide bonds. The average molecular weight is 390 g/mol. The first-order chi connectivity index (χ1) is 13.6. The zero-order valence-electron chi connectivity index (χ0n) is 17.3. The van der Waals surface area contributed by atoms with E-state index < -0.39 is 0 Å². The normalized spacial score (nSPS) is 29.3. The van der Waals surface area contributed by atoms with E-state index in [1.165, 1.54) is 38.5 Å². The van der Waals surface area contributed by atoms with Gasteiger partial charge in [-0.2, -0.15) is 5.10 Å². The van der Waals surface area contributed by atoms with Gasteiger partial charge in [0.15, 0.2) is 0 Å². The number of hydrogen-bond acceptors (Lipinski definition) is 4. The molecular weight excluding hydrogens is 354 g/mol. The highest BCUT2D eigenvalue weighted by molar-refractivity contribution is 5.90. The van der Waals surface area contributed by atoms with Gasteiger partial charge < -0.3 is 15.4 Å². The lowest BCUT2D eigenvalue weighted by molar-refractivity contribution is 0.0985. The molecule has 7 nitrogen and oxygen atoms in total. The van der Waals surface area contributed by atoms with Crippen LogP contribution in [0.25, 0.3) is 0 Å². The summed E-state index contributed by atoms with van der Waals surface area (Å²) in [4.78, 5) is 15.3. The van der Waals surface area contributed by atoms with Crippen LogP contribution in [0.15, 0.2) is 6.20 Å². The number of aryl methyl sites for hydroxylation is 1. The summed E-state index contributed by atoms with van der Waals surface area (Å²) < 4.78 is 7.35. The number of carbonyl (C=O) groups excluding carboxylic acids is 1. The molecule has 0 aromatic carbocycles. The van der Waals surface area contributed by atoms with E-state index in [0.717, 1.165) is 43.7 Å². The molecule has 0 radical (unpaired) electrons. The molecule has 1 aromatic rings. The first-order valence-electron chi connectivity index (χ1n) is 11.0. The minimum absolute atomic E-state index is 0.0931. The molecule has 2 saturated carbocycles. The fourth-order valence-corrected chi connectivity index (χ4v) is 5.40. The molecule has 1 aliphatic heterocycles. The number of nitrogens with one attached hydrogen (secondary N) is 2. The lowest BCUT2D eigenvalue weighted by atomic mass is 9.86. The van der Waals surface area contributed by atoms with E-state index in [0.29, 0.717) is 18.1 Å². The van der Waals surface area contributed by atoms with Crippen LogP contribution in [0.2, 0.25) is 0 Å². The number of aromatic nitrogens is 2. The third-order valence-electron chi connectivity index (χ3n) is 6.87. The van der Waals surface area contributed by atoms with Gasteiger partial charge >= 0.3 is 6.03 Å². The molecule has 7 heteroatoms. The van der Waals surface area contributed by atoms with Gasteiger partial charge in [-0.1, -0.05) is 19.3 Å². The molecule has 3 atom stereocenters. The second-order valence-corrected chi connectivity index (χ2v) is 8.78. The number of carbonyl (C=O) groups is 1. The molecule has 1 aromatic heterocycles. The van der Waals surface area contributed by atoms with Crippen molar-refractivity contribution in [2.45, 2.75) is 81.9 Å². The van der Waals surface area contributed by atoms with Crippen molar-refractivity contribution in [3.8, 4) is 0 Å². The quantitative estimate of drug-likeness (QED) is 0.811. The van der Waals surface area contributed by atoms with Crippen LogP contribution in [0.4, 0.5) is 10.5 Å². The van der Waals surface area contributed by atoms with Crippen LogP contribution in [0.5, 0.6) is 0 Å². The van der Waals surface area contributed by atoms with E-state index in [-0.39, 0.29) is 12.1 Å². The average Bonchev–Trinajstić information content (AvgIpc) is 3.42. The molecule has 2 heterocycles. The number of nitrogens with zero attached hydrogens (tertiary/aromatic N) is 3. The molecule has 2 N–H and O–H groups in total. The molecule has 1 saturated heterocycles. The SMILES string of the molecule is COC1CCN([C@@H]2CCC[C@@H]2NC(=O)Nc2cn(C)nc2C2CCCCC2)C1. The molecule has 0 bridgehead atoms. The molecule has 3 aliphatic rings. The summed E-state index contributed by atoms with van der Waals surface area (Å²) in [5.41, 5.74) is 1.94. The lowest BCUT2D eigenvalue weighted by Crippen LogP contribution is -2.49. The van der Waals surface area contributed by atoms with Crippen molar-refractivity contribution < 1.29 is 9.53 Å². The highest BCUT2D eigenvalue weighted by atomic mass is 16.5. The summed E-state index contributed by atoms with van der Waals surface area (Å²) in [6.07, 6.45) is 12.9. The van der Waals surface area contributed by atoms with Gasteiger partial charge in [0.05, 0.1) is 17.5 Å². The van der Waals surface area contributed by atoms with E-state index in [2.05, 4.69) is 20.6 Å². The van der Waals surface area contributed by atoms with E-state index in [9.17, 15) is 4.79 Å². The Morgan fingerprint density at radius 2 is 1.96 bits per heavy atom. The molecule has 4 rings (SSSR count). The number of likely N-dealkylation sites (tertiary alicyclic amines) is 1. The van der Waals surface area contributed by atoms with Crippen LogP contribution in [0.3, 0.4) is 0 Å². The van der Waals surface area contributed by atoms with Crippen molar-refractivity contribution in [3.63, 3.8) is 0 Å². The van der Waals surface area contributed by atoms with Gasteiger partial charge in [0, 0.05) is 51.4 Å². The number of ether oxygens (including phenoxy) is 1. The van der Waals surface area contributed by atoms with Crippen molar-refractivity contribution in [3.05, 3.63) is 11.9 Å². The van der Waals surface area contributed by atoms with Crippen LogP contribution in [-0.2, 0) is 11.8 Å². The number of hydrogen-bond donors (Lipinski definition) is 2. The second kappa shape index (κ2) is 8.82. The van der Waals surface area contributed by atoms with Crippen molar-refractivity contribution in [1.82, 2.24) is 20.0 Å². The Balaban J connectivity index is 1.36. The molecule has 2 aliphatic carbocycles. The van der Waals surface area contributed by atoms with Gasteiger partial charge in [-0.05, 0) is 38.5 Å². The van der Waals surface area contributed by atoms with Crippen LogP contribution < -0.4 is 10.6 Å². The summed E-state index contributed by atoms with van der Waals surface area (Å²) in [6.45, 7) is 2.05. The van der Waals surface area contributed by atoms with E-state index in [1.807, 2.05) is 17.9 Å². The number of rotatable bonds is 5. The summed E-state index contributed by atoms with van der Waals surface area (Å²) in [5, 5.41) is 11.0. The molecule has 0 spiro atoms. The van der Waals surface area contributed by atoms with Crippen LogP contribution in [0, 0.1) is 0 Å². The van der Waals surface area contributed by atoms with Gasteiger partial charge in [0.1, 0.15) is 0 Å². The summed E-state index contributed by atoms with van der Waals surface area (Å²) >= 11 is 0. The Morgan fingerprint density at radius 3 is 2.71 bits per heavy atom. The highest BCUT2D eigenvalue weighted by Crippen LogP contribution is 2.35. The molecular formula is C21H35N5O2. The largest absolute Gasteiger partial charge is 0.380 e. The standard InChI is InChI=1S/C21H35N5O2/c1-25-14-18(20(24-25)15-7-4-3-5-8-15)23-21(27)22-17-9-6-10-19(17)26-12-11-16(13-26)28-2/h14-17,19H,3-13H2,1-2H3,(H2,22,23,27)/t16?,17-,19+/m0/s1. The third kappa shape index (κ3) is 4.35. The van der Waals surface area contributed by atoms with E-state index in [4.69, 9.17) is 4.74 Å². The fraction of sp³-hybridized carbons (Fsp3) is 0.810. The maximum absolute atomic E-state index is 12.8. The first kappa shape index (κ1) is 19.7. The van der Waals surface area contributed by atoms with Gasteiger partial charge in [0.2, 0.25) is 0 Å². The minimum atomic E-state index is -0.0931. The monoisotopic (exact) mass is 389 g/mol. The number of amides is 2. The van der Waals surface area contributed by atoms with Gasteiger partial charge in [-0.25, -0.2) is 4.79 Å². The van der Waals surface area contributed by atoms with Crippen molar-refractivity contribution >= 4 is 11.7 Å². The summed E-state index contributed by atoms with van der Waals surface area (Å²) in [7, 11) is 3.73. The molecule has 156 valence electrons. The number of urea groups is 1. The fourth-order valence-electron chi connectivity index (χ4n) is 5.40. The van der Waals surface area contributed by atoms with Crippen molar-refractivity contribution in [2.24, 2.45) is 7.05 Å². The predicted molar refractivity (Wildman–Crippen MR) is 110 cm³/mol. The van der Waals surface area contributed by atoms with Crippen molar-refractivity contribution in [2.75, 3.05) is 25.5 Å². The Hall–Kier alpha value is -1.60. The summed E-state index contributed by atoms with van der Waals surface area (Å²) in [6, 6.07) is 0.549. The predicted octanol–water partition coefficient (Wildman–Crippen LogP) is 3.23. The smallest absolute Gasteiger partial charge is 0.319 e. The topological polar surface area (TPSA) is 71.4 Å². The minimum Gasteiger partial charge on any atom is -0.380 e. The second-order valence-electron chi connectivity index (χ2n) is 8.78. The van der Waals surface area contributed by atoms with Gasteiger partial charge in [0.25, 0.3) is 0 Å². The zero-order valence-corrected chi connectivity index (χ0v) is 17.3. The number of anilines is 1. The lowest BCUT2D eigenvalue weighted by Gasteiger charge is -2.30. The highest BCUT2D eigenvalue weighted by Gasteiger charge is 2.37. The van der Waals surface area contributed by atoms with E-state index in [1.54, 1.807) is 7.11 Å². The van der Waals surface area contributed by atoms with E-state index >= 15 is 0 Å². The van der Waals surface area contributed by atoms with Crippen molar-refractivity contribution in [1.29, 1.82) is 0 Å². The van der Waals surface area contributed by atoms with Gasteiger partial charge in [-0.15, -0.1) is 0 Å². The number of methoxy groups -OCH3 is 1. The van der Waals surface area contributed by atoms with Crippen LogP contribution in [-0.4, -0.2) is 59.1 Å². The first-order valence-corrected chi connectivity index (χ1v) is 11.0. The van der Waals surface area contributed by atoms with Crippen LogP contribution >= 0.6 is 0 Å². The van der Waals surface area contributed by atoms with Gasteiger partial charge in [-0.3, -0.25) is 9.58 Å². The molecule has 3 fully saturated rings. The third-order valence-corrected chi connectivity index (χ3v) is 6.87.